The van der Waals surface area contributed by atoms with Crippen LogP contribution in [0.25, 0.3) is 0 Å². The number of nitrogens with zero attached hydrogens (tertiary/aromatic N) is 2. The molecular weight excluding hydrogens is 309 g/mol. The summed E-state index contributed by atoms with van der Waals surface area (Å²) in [5, 5.41) is 1.45. The van der Waals surface area contributed by atoms with Gasteiger partial charge in [0.05, 0.1) is 13.7 Å². The smallest absolute Gasteiger partial charge is 0.272 e. The Hall–Kier alpha value is -2.89. The van der Waals surface area contributed by atoms with E-state index in [0.717, 1.165) is 17.1 Å². The summed E-state index contributed by atoms with van der Waals surface area (Å²) in [7, 11) is 1.62. The van der Waals surface area contributed by atoms with E-state index in [4.69, 9.17) is 4.74 Å². The topological polar surface area (TPSA) is 53.9 Å². The average Bonchev–Trinajstić information content (AvgIpc) is 3.08. The van der Waals surface area contributed by atoms with Gasteiger partial charge < -0.3 is 4.74 Å². The third-order valence-electron chi connectivity index (χ3n) is 3.79. The standard InChI is InChI=1S/C18H18FN3O2/c1-24-16-8-3-2-5-14(16)12-20-17-9-10-22(21-17)18(23)13-6-4-7-15(19)11-13/h2-8,11H,9-10,12H2,1H3,(H,20,21). The molecule has 1 heterocycles. The molecule has 124 valence electrons. The molecule has 2 aromatic carbocycles. The number of aliphatic imine (C=N–C) groups is 1. The van der Waals surface area contributed by atoms with E-state index < -0.39 is 5.82 Å². The molecule has 0 bridgehead atoms. The minimum absolute atomic E-state index is 0.267. The first kappa shape index (κ1) is 16.0. The molecule has 0 spiro atoms. The molecule has 1 fully saturated rings. The highest BCUT2D eigenvalue weighted by Gasteiger charge is 2.23. The fourth-order valence-electron chi connectivity index (χ4n) is 2.54. The summed E-state index contributed by atoms with van der Waals surface area (Å²) in [4.78, 5) is 16.8. The van der Waals surface area contributed by atoms with E-state index in [1.807, 2.05) is 24.3 Å². The minimum Gasteiger partial charge on any atom is -0.496 e. The van der Waals surface area contributed by atoms with E-state index in [1.165, 1.54) is 23.2 Å². The summed E-state index contributed by atoms with van der Waals surface area (Å²) in [6, 6.07) is 13.3. The van der Waals surface area contributed by atoms with E-state index in [1.54, 1.807) is 13.2 Å². The summed E-state index contributed by atoms with van der Waals surface area (Å²) in [5.74, 6) is 0.820. The van der Waals surface area contributed by atoms with E-state index in [2.05, 4.69) is 10.4 Å². The van der Waals surface area contributed by atoms with Crippen LogP contribution in [0.3, 0.4) is 0 Å². The maximum absolute atomic E-state index is 13.2. The molecule has 0 unspecified atom stereocenters. The Kier molecular flexibility index (Phi) is 4.74. The normalized spacial score (nSPS) is 15.4. The molecule has 0 atom stereocenters. The van der Waals surface area contributed by atoms with Crippen molar-refractivity contribution in [1.82, 2.24) is 10.4 Å². The van der Waals surface area contributed by atoms with E-state index in [-0.39, 0.29) is 5.91 Å². The SMILES string of the molecule is COc1ccccc1CN=C1CCN(C(=O)c2cccc(F)c2)N1. The van der Waals surface area contributed by atoms with Crippen molar-refractivity contribution >= 4 is 11.7 Å². The fourth-order valence-corrected chi connectivity index (χ4v) is 2.54. The number of nitrogens with one attached hydrogen (secondary N) is 1. The van der Waals surface area contributed by atoms with Crippen LogP contribution in [0.15, 0.2) is 53.5 Å². The predicted molar refractivity (Wildman–Crippen MR) is 89.3 cm³/mol. The van der Waals surface area contributed by atoms with Crippen LogP contribution in [0.5, 0.6) is 5.75 Å². The van der Waals surface area contributed by atoms with E-state index in [0.29, 0.717) is 25.1 Å². The fraction of sp³-hybridized carbons (Fsp3) is 0.222. The number of carbonyl (C=O) groups is 1. The number of hydrogen-bond donors (Lipinski definition) is 1. The lowest BCUT2D eigenvalue weighted by Gasteiger charge is -2.16. The molecule has 5 nitrogen and oxygen atoms in total. The number of hydrogen-bond acceptors (Lipinski definition) is 3. The lowest BCUT2D eigenvalue weighted by atomic mass is 10.2. The number of rotatable bonds is 4. The summed E-state index contributed by atoms with van der Waals surface area (Å²) in [5.41, 5.74) is 4.28. The monoisotopic (exact) mass is 327 g/mol. The quantitative estimate of drug-likeness (QED) is 0.939. The van der Waals surface area contributed by atoms with Gasteiger partial charge in [-0.3, -0.25) is 20.2 Å². The Labute approximate surface area is 139 Å². The molecular formula is C18H18FN3O2. The number of amides is 1. The van der Waals surface area contributed by atoms with Gasteiger partial charge in [0.2, 0.25) is 0 Å². The zero-order chi connectivity index (χ0) is 16.9. The Morgan fingerprint density at radius 1 is 1.29 bits per heavy atom. The number of ether oxygens (including phenoxy) is 1. The molecule has 0 aromatic heterocycles. The lowest BCUT2D eigenvalue weighted by molar-refractivity contribution is 0.0741. The number of carbonyl (C=O) groups excluding carboxylic acids is 1. The molecule has 2 aromatic rings. The predicted octanol–water partition coefficient (Wildman–Crippen LogP) is 2.78. The third kappa shape index (κ3) is 3.53. The van der Waals surface area contributed by atoms with Gasteiger partial charge in [0.1, 0.15) is 17.4 Å². The van der Waals surface area contributed by atoms with E-state index >= 15 is 0 Å². The second-order valence-electron chi connectivity index (χ2n) is 5.40. The van der Waals surface area contributed by atoms with Crippen LogP contribution >= 0.6 is 0 Å². The van der Waals surface area contributed by atoms with Gasteiger partial charge in [-0.1, -0.05) is 24.3 Å². The molecule has 0 radical (unpaired) electrons. The molecule has 6 heteroatoms. The van der Waals surface area contributed by atoms with Gasteiger partial charge >= 0.3 is 0 Å². The molecule has 1 N–H and O–H groups in total. The second-order valence-corrected chi connectivity index (χ2v) is 5.40. The van der Waals surface area contributed by atoms with Crippen LogP contribution in [0.4, 0.5) is 4.39 Å². The van der Waals surface area contributed by atoms with Crippen molar-refractivity contribution in [2.24, 2.45) is 4.99 Å². The highest BCUT2D eigenvalue weighted by Crippen LogP contribution is 2.18. The highest BCUT2D eigenvalue weighted by molar-refractivity contribution is 5.97. The van der Waals surface area contributed by atoms with Gasteiger partial charge in [0.15, 0.2) is 0 Å². The second kappa shape index (κ2) is 7.12. The van der Waals surface area contributed by atoms with Crippen LogP contribution in [0.2, 0.25) is 0 Å². The first-order valence-corrected chi connectivity index (χ1v) is 7.66. The first-order valence-electron chi connectivity index (χ1n) is 7.66. The zero-order valence-corrected chi connectivity index (χ0v) is 13.3. The molecule has 0 saturated carbocycles. The summed E-state index contributed by atoms with van der Waals surface area (Å²) in [6.07, 6.45) is 0.635. The number of halogens is 1. The van der Waals surface area contributed by atoms with Crippen molar-refractivity contribution in [2.45, 2.75) is 13.0 Å². The Morgan fingerprint density at radius 3 is 2.92 bits per heavy atom. The molecule has 1 amide bonds. The molecule has 1 saturated heterocycles. The first-order chi connectivity index (χ1) is 11.7. The van der Waals surface area contributed by atoms with Gasteiger partial charge in [-0.15, -0.1) is 0 Å². The van der Waals surface area contributed by atoms with E-state index in [9.17, 15) is 9.18 Å². The van der Waals surface area contributed by atoms with Crippen molar-refractivity contribution in [3.05, 3.63) is 65.5 Å². The highest BCUT2D eigenvalue weighted by atomic mass is 19.1. The van der Waals surface area contributed by atoms with Crippen molar-refractivity contribution in [1.29, 1.82) is 0 Å². The minimum atomic E-state index is -0.426. The number of hydrazine groups is 1. The Morgan fingerprint density at radius 2 is 2.12 bits per heavy atom. The maximum Gasteiger partial charge on any atom is 0.272 e. The Balaban J connectivity index is 1.65. The van der Waals surface area contributed by atoms with Crippen molar-refractivity contribution in [2.75, 3.05) is 13.7 Å². The van der Waals surface area contributed by atoms with Crippen LogP contribution in [0, 0.1) is 5.82 Å². The lowest BCUT2D eigenvalue weighted by Crippen LogP contribution is -2.38. The summed E-state index contributed by atoms with van der Waals surface area (Å²) >= 11 is 0. The van der Waals surface area contributed by atoms with Crippen molar-refractivity contribution in [3.8, 4) is 5.75 Å². The zero-order valence-electron chi connectivity index (χ0n) is 13.3. The molecule has 24 heavy (non-hydrogen) atoms. The molecule has 1 aliphatic heterocycles. The number of para-hydroxylation sites is 1. The van der Waals surface area contributed by atoms with Gasteiger partial charge in [-0.25, -0.2) is 4.39 Å². The number of methoxy groups -OCH3 is 1. The van der Waals surface area contributed by atoms with Crippen LogP contribution in [-0.4, -0.2) is 30.4 Å². The Bertz CT molecular complexity index is 776. The molecule has 0 aliphatic carbocycles. The maximum atomic E-state index is 13.2. The van der Waals surface area contributed by atoms with Crippen molar-refractivity contribution < 1.29 is 13.9 Å². The molecule has 1 aliphatic rings. The van der Waals surface area contributed by atoms with Crippen LogP contribution in [0.1, 0.15) is 22.3 Å². The summed E-state index contributed by atoms with van der Waals surface area (Å²) < 4.78 is 18.5. The van der Waals surface area contributed by atoms with Gasteiger partial charge in [-0.05, 0) is 24.3 Å². The number of benzene rings is 2. The molecule has 3 rings (SSSR count). The van der Waals surface area contributed by atoms with Crippen molar-refractivity contribution in [3.63, 3.8) is 0 Å². The van der Waals surface area contributed by atoms with Gasteiger partial charge in [0, 0.05) is 24.1 Å². The van der Waals surface area contributed by atoms with Crippen LogP contribution in [-0.2, 0) is 6.54 Å². The average molecular weight is 327 g/mol. The van der Waals surface area contributed by atoms with Crippen LogP contribution < -0.4 is 10.2 Å². The largest absolute Gasteiger partial charge is 0.496 e. The van der Waals surface area contributed by atoms with Gasteiger partial charge in [0.25, 0.3) is 5.91 Å². The summed E-state index contributed by atoms with van der Waals surface area (Å²) in [6.45, 7) is 0.967. The number of amidine groups is 1. The van der Waals surface area contributed by atoms with Gasteiger partial charge in [-0.2, -0.15) is 0 Å². The third-order valence-corrected chi connectivity index (χ3v) is 3.79.